The van der Waals surface area contributed by atoms with Gasteiger partial charge in [-0.05, 0) is 72.5 Å². The fourth-order valence-electron chi connectivity index (χ4n) is 4.66. The molecule has 3 aromatic rings. The first-order valence-electron chi connectivity index (χ1n) is 11.2. The lowest BCUT2D eigenvalue weighted by molar-refractivity contribution is 0.0877. The van der Waals surface area contributed by atoms with Crippen LogP contribution in [0.3, 0.4) is 0 Å². The van der Waals surface area contributed by atoms with Crippen molar-refractivity contribution in [2.45, 2.75) is 32.0 Å². The predicted molar refractivity (Wildman–Crippen MR) is 131 cm³/mol. The molecular formula is C27H28ClFN2O3. The van der Waals surface area contributed by atoms with E-state index in [9.17, 15) is 9.18 Å². The molecule has 0 radical (unpaired) electrons. The number of rotatable bonds is 7. The molecule has 1 heterocycles. The normalized spacial score (nSPS) is 16.4. The molecule has 7 heteroatoms. The van der Waals surface area contributed by atoms with Gasteiger partial charge in [0.15, 0.2) is 11.5 Å². The lowest BCUT2D eigenvalue weighted by Crippen LogP contribution is -2.47. The molecule has 2 atom stereocenters. The second-order valence-corrected chi connectivity index (χ2v) is 8.91. The molecule has 0 saturated carbocycles. The van der Waals surface area contributed by atoms with E-state index < -0.39 is 0 Å². The number of methoxy groups -OCH3 is 2. The van der Waals surface area contributed by atoms with Crippen LogP contribution in [0.4, 0.5) is 4.39 Å². The van der Waals surface area contributed by atoms with E-state index in [1.54, 1.807) is 50.6 Å². The van der Waals surface area contributed by atoms with Crippen molar-refractivity contribution in [2.24, 2.45) is 0 Å². The summed E-state index contributed by atoms with van der Waals surface area (Å²) in [4.78, 5) is 15.3. The number of nitrogens with one attached hydrogen (secondary N) is 1. The van der Waals surface area contributed by atoms with E-state index in [-0.39, 0.29) is 23.8 Å². The van der Waals surface area contributed by atoms with Crippen LogP contribution in [-0.2, 0) is 13.0 Å². The summed E-state index contributed by atoms with van der Waals surface area (Å²) in [6.07, 6.45) is 0.802. The topological polar surface area (TPSA) is 50.8 Å². The lowest BCUT2D eigenvalue weighted by Gasteiger charge is -2.41. The number of carbonyl (C=O) groups excluding carboxylic acids is 1. The number of hydrogen-bond acceptors (Lipinski definition) is 4. The molecule has 1 aliphatic heterocycles. The predicted octanol–water partition coefficient (Wildman–Crippen LogP) is 5.41. The van der Waals surface area contributed by atoms with Gasteiger partial charge in [0.05, 0.1) is 20.3 Å². The maximum absolute atomic E-state index is 13.9. The summed E-state index contributed by atoms with van der Waals surface area (Å²) in [7, 11) is 3.23. The average molecular weight is 483 g/mol. The van der Waals surface area contributed by atoms with Gasteiger partial charge in [-0.15, -0.1) is 0 Å². The number of hydrogen-bond donors (Lipinski definition) is 1. The number of benzene rings is 3. The Kier molecular flexibility index (Phi) is 7.39. The molecule has 5 nitrogen and oxygen atoms in total. The summed E-state index contributed by atoms with van der Waals surface area (Å²) in [5.41, 5.74) is 3.57. The fraction of sp³-hybridized carbons (Fsp3) is 0.296. The van der Waals surface area contributed by atoms with E-state index in [4.69, 9.17) is 21.1 Å². The van der Waals surface area contributed by atoms with E-state index in [1.807, 2.05) is 25.1 Å². The van der Waals surface area contributed by atoms with Crippen molar-refractivity contribution in [2.75, 3.05) is 20.8 Å². The second kappa shape index (κ2) is 10.5. The quantitative estimate of drug-likeness (QED) is 0.489. The van der Waals surface area contributed by atoms with Gasteiger partial charge in [-0.1, -0.05) is 29.8 Å². The average Bonchev–Trinajstić information content (AvgIpc) is 2.82. The Bertz CT molecular complexity index is 1190. The van der Waals surface area contributed by atoms with Crippen LogP contribution in [0.15, 0.2) is 60.7 Å². The molecule has 0 fully saturated rings. The smallest absolute Gasteiger partial charge is 0.251 e. The maximum Gasteiger partial charge on any atom is 0.251 e. The Morgan fingerprint density at radius 1 is 1.12 bits per heavy atom. The van der Waals surface area contributed by atoms with E-state index in [2.05, 4.69) is 10.2 Å². The molecule has 3 aromatic carbocycles. The highest BCUT2D eigenvalue weighted by Gasteiger charge is 2.34. The Labute approximate surface area is 204 Å². The van der Waals surface area contributed by atoms with Crippen LogP contribution in [0.5, 0.6) is 11.5 Å². The molecule has 4 rings (SSSR count). The second-order valence-electron chi connectivity index (χ2n) is 8.47. The largest absolute Gasteiger partial charge is 0.493 e. The zero-order chi connectivity index (χ0) is 24.2. The minimum absolute atomic E-state index is 0.157. The Hall–Kier alpha value is -3.09. The zero-order valence-electron chi connectivity index (χ0n) is 19.5. The number of ether oxygens (including phenoxy) is 2. The van der Waals surface area contributed by atoms with Crippen molar-refractivity contribution < 1.29 is 18.7 Å². The van der Waals surface area contributed by atoms with Crippen LogP contribution in [0, 0.1) is 5.82 Å². The Morgan fingerprint density at radius 3 is 2.56 bits per heavy atom. The van der Waals surface area contributed by atoms with Crippen LogP contribution in [0.1, 0.15) is 40.0 Å². The molecule has 0 saturated heterocycles. The Morgan fingerprint density at radius 2 is 1.85 bits per heavy atom. The first kappa shape index (κ1) is 24.0. The van der Waals surface area contributed by atoms with Gasteiger partial charge in [0.2, 0.25) is 0 Å². The standard InChI is InChI=1S/C27H28ClFN2O3/c1-17(30-27(32)20-7-5-8-21(28)13-20)26-23-15-25(34-3)24(33-2)14-19(23)10-11-31(26)16-18-6-4-9-22(29)12-18/h4-9,12-15,17,26H,10-11,16H2,1-3H3,(H,30,32)/t17-,26-/m1/s1. The monoisotopic (exact) mass is 482 g/mol. The third kappa shape index (κ3) is 5.18. The summed E-state index contributed by atoms with van der Waals surface area (Å²) in [6.45, 7) is 3.28. The molecule has 1 aliphatic rings. The lowest BCUT2D eigenvalue weighted by atomic mass is 9.87. The first-order chi connectivity index (χ1) is 16.4. The van der Waals surface area contributed by atoms with Crippen LogP contribution >= 0.6 is 11.6 Å². The summed E-state index contributed by atoms with van der Waals surface area (Å²) < 4.78 is 24.9. The van der Waals surface area contributed by atoms with Crippen LogP contribution in [0.2, 0.25) is 5.02 Å². The molecule has 0 aliphatic carbocycles. The number of halogens is 2. The molecule has 1 amide bonds. The summed E-state index contributed by atoms with van der Waals surface area (Å²) in [5, 5.41) is 3.65. The summed E-state index contributed by atoms with van der Waals surface area (Å²) >= 11 is 6.08. The molecule has 34 heavy (non-hydrogen) atoms. The zero-order valence-corrected chi connectivity index (χ0v) is 20.2. The molecule has 0 bridgehead atoms. The van der Waals surface area contributed by atoms with Crippen LogP contribution < -0.4 is 14.8 Å². The molecule has 0 spiro atoms. The van der Waals surface area contributed by atoms with E-state index in [1.165, 1.54) is 6.07 Å². The van der Waals surface area contributed by atoms with Crippen molar-refractivity contribution in [1.29, 1.82) is 0 Å². The van der Waals surface area contributed by atoms with Crippen molar-refractivity contribution in [1.82, 2.24) is 10.2 Å². The van der Waals surface area contributed by atoms with Crippen LogP contribution in [0.25, 0.3) is 0 Å². The van der Waals surface area contributed by atoms with E-state index in [0.717, 1.165) is 29.7 Å². The maximum atomic E-state index is 13.9. The van der Waals surface area contributed by atoms with Gasteiger partial charge in [-0.3, -0.25) is 9.69 Å². The SMILES string of the molecule is COc1cc2c(cc1OC)[C@@H]([C@@H](C)NC(=O)c1cccc(Cl)c1)N(Cc1cccc(F)c1)CC2. The van der Waals surface area contributed by atoms with Crippen LogP contribution in [-0.4, -0.2) is 37.6 Å². The highest BCUT2D eigenvalue weighted by atomic mass is 35.5. The third-order valence-electron chi connectivity index (χ3n) is 6.22. The van der Waals surface area contributed by atoms with Crippen molar-refractivity contribution >= 4 is 17.5 Å². The van der Waals surface area contributed by atoms with Gasteiger partial charge in [-0.25, -0.2) is 4.39 Å². The molecule has 1 N–H and O–H groups in total. The van der Waals surface area contributed by atoms with Crippen molar-refractivity contribution in [3.8, 4) is 11.5 Å². The first-order valence-corrected chi connectivity index (χ1v) is 11.6. The summed E-state index contributed by atoms with van der Waals surface area (Å²) in [5.74, 6) is 0.842. The highest BCUT2D eigenvalue weighted by Crippen LogP contribution is 2.40. The van der Waals surface area contributed by atoms with Crippen molar-refractivity contribution in [3.05, 3.63) is 93.8 Å². The third-order valence-corrected chi connectivity index (χ3v) is 6.45. The van der Waals surface area contributed by atoms with Gasteiger partial charge >= 0.3 is 0 Å². The highest BCUT2D eigenvalue weighted by molar-refractivity contribution is 6.30. The number of carbonyl (C=O) groups is 1. The van der Waals surface area contributed by atoms with Crippen molar-refractivity contribution in [3.63, 3.8) is 0 Å². The van der Waals surface area contributed by atoms with Gasteiger partial charge in [0.1, 0.15) is 5.82 Å². The minimum atomic E-state index is -0.264. The number of nitrogens with zero attached hydrogens (tertiary/aromatic N) is 1. The van der Waals surface area contributed by atoms with Gasteiger partial charge in [0, 0.05) is 29.7 Å². The van der Waals surface area contributed by atoms with Gasteiger partial charge in [0.25, 0.3) is 5.91 Å². The number of amides is 1. The van der Waals surface area contributed by atoms with Gasteiger partial charge in [-0.2, -0.15) is 0 Å². The number of fused-ring (bicyclic) bond motifs is 1. The Balaban J connectivity index is 1.69. The van der Waals surface area contributed by atoms with E-state index >= 15 is 0 Å². The molecule has 0 aromatic heterocycles. The molecule has 178 valence electrons. The molecule has 0 unspecified atom stereocenters. The summed E-state index contributed by atoms with van der Waals surface area (Å²) in [6, 6.07) is 17.1. The fourth-order valence-corrected chi connectivity index (χ4v) is 4.85. The minimum Gasteiger partial charge on any atom is -0.493 e. The van der Waals surface area contributed by atoms with E-state index in [0.29, 0.717) is 28.6 Å². The van der Waals surface area contributed by atoms with Gasteiger partial charge < -0.3 is 14.8 Å². The molecular weight excluding hydrogens is 455 g/mol.